The summed E-state index contributed by atoms with van der Waals surface area (Å²) < 4.78 is 0.921. The van der Waals surface area contributed by atoms with Crippen LogP contribution in [0.3, 0.4) is 0 Å². The number of rotatable bonds is 3. The molecule has 4 heteroatoms. The van der Waals surface area contributed by atoms with E-state index < -0.39 is 0 Å². The first kappa shape index (κ1) is 12.6. The second-order valence-electron chi connectivity index (χ2n) is 3.86. The zero-order valence-electron chi connectivity index (χ0n) is 9.91. The van der Waals surface area contributed by atoms with Crippen molar-refractivity contribution in [2.45, 2.75) is 6.92 Å². The summed E-state index contributed by atoms with van der Waals surface area (Å²) in [5.41, 5.74) is 2.59. The van der Waals surface area contributed by atoms with Gasteiger partial charge in [0.1, 0.15) is 0 Å². The molecule has 0 atom stereocenters. The Bertz CT molecular complexity index is 555. The number of carbonyl (C=O) groups is 1. The van der Waals surface area contributed by atoms with Crippen LogP contribution in [0.15, 0.2) is 53.0 Å². The van der Waals surface area contributed by atoms with E-state index in [1.54, 1.807) is 0 Å². The number of carbonyl (C=O) groups excluding carboxylic acids is 1. The summed E-state index contributed by atoms with van der Waals surface area (Å²) in [5, 5.41) is 6.07. The van der Waals surface area contributed by atoms with Crippen LogP contribution in [-0.2, 0) is 4.79 Å². The number of halogens is 1. The Balaban J connectivity index is 2.29. The fraction of sp³-hybridized carbons (Fsp3) is 0.0714. The van der Waals surface area contributed by atoms with Crippen molar-refractivity contribution in [1.29, 1.82) is 0 Å². The molecule has 0 aliphatic rings. The lowest BCUT2D eigenvalue weighted by Gasteiger charge is -2.12. The largest absolute Gasteiger partial charge is 0.354 e. The molecule has 1 amide bonds. The summed E-state index contributed by atoms with van der Waals surface area (Å²) in [6.07, 6.45) is 0. The van der Waals surface area contributed by atoms with E-state index in [0.717, 1.165) is 21.5 Å². The van der Waals surface area contributed by atoms with Gasteiger partial charge < -0.3 is 10.6 Å². The highest BCUT2D eigenvalue weighted by Gasteiger charge is 2.05. The third-order valence-electron chi connectivity index (χ3n) is 2.35. The van der Waals surface area contributed by atoms with Gasteiger partial charge in [-0.05, 0) is 30.3 Å². The summed E-state index contributed by atoms with van der Waals surface area (Å²) >= 11 is 3.39. The highest BCUT2D eigenvalue weighted by molar-refractivity contribution is 9.10. The van der Waals surface area contributed by atoms with Gasteiger partial charge >= 0.3 is 0 Å². The monoisotopic (exact) mass is 304 g/mol. The van der Waals surface area contributed by atoms with E-state index in [1.165, 1.54) is 6.92 Å². The Morgan fingerprint density at radius 2 is 1.78 bits per heavy atom. The van der Waals surface area contributed by atoms with E-state index in [2.05, 4.69) is 26.6 Å². The summed E-state index contributed by atoms with van der Waals surface area (Å²) in [6.45, 7) is 1.49. The van der Waals surface area contributed by atoms with Gasteiger partial charge in [-0.2, -0.15) is 0 Å². The highest BCUT2D eigenvalue weighted by atomic mass is 79.9. The van der Waals surface area contributed by atoms with E-state index >= 15 is 0 Å². The molecule has 0 aliphatic carbocycles. The molecule has 0 saturated heterocycles. The predicted octanol–water partition coefficient (Wildman–Crippen LogP) is 4.15. The summed E-state index contributed by atoms with van der Waals surface area (Å²) in [6, 6.07) is 15.5. The maximum atomic E-state index is 11.2. The second-order valence-corrected chi connectivity index (χ2v) is 4.78. The smallest absolute Gasteiger partial charge is 0.221 e. The summed E-state index contributed by atoms with van der Waals surface area (Å²) in [4.78, 5) is 11.2. The fourth-order valence-corrected chi connectivity index (χ4v) is 1.96. The molecule has 0 unspecified atom stereocenters. The van der Waals surface area contributed by atoms with E-state index in [-0.39, 0.29) is 5.91 Å². The Hall–Kier alpha value is -1.81. The molecule has 2 aromatic rings. The molecule has 0 spiro atoms. The van der Waals surface area contributed by atoms with Crippen LogP contribution in [0.5, 0.6) is 0 Å². The molecule has 18 heavy (non-hydrogen) atoms. The summed E-state index contributed by atoms with van der Waals surface area (Å²) in [7, 11) is 0. The first-order valence-electron chi connectivity index (χ1n) is 5.54. The molecule has 0 bridgehead atoms. The van der Waals surface area contributed by atoms with E-state index in [0.29, 0.717) is 0 Å². The van der Waals surface area contributed by atoms with Gasteiger partial charge in [0.2, 0.25) is 5.91 Å². The minimum atomic E-state index is -0.0933. The maximum Gasteiger partial charge on any atom is 0.221 e. The molecule has 0 radical (unpaired) electrons. The van der Waals surface area contributed by atoms with Crippen molar-refractivity contribution in [3.05, 3.63) is 53.0 Å². The van der Waals surface area contributed by atoms with Crippen molar-refractivity contribution in [2.24, 2.45) is 0 Å². The van der Waals surface area contributed by atoms with Crippen LogP contribution in [0.1, 0.15) is 6.92 Å². The van der Waals surface area contributed by atoms with Gasteiger partial charge in [0.15, 0.2) is 0 Å². The maximum absolute atomic E-state index is 11.2. The Morgan fingerprint density at radius 1 is 1.06 bits per heavy atom. The third kappa shape index (κ3) is 3.34. The number of nitrogens with one attached hydrogen (secondary N) is 2. The average Bonchev–Trinajstić information content (AvgIpc) is 2.33. The topological polar surface area (TPSA) is 41.1 Å². The number of para-hydroxylation sites is 1. The van der Waals surface area contributed by atoms with Crippen LogP contribution < -0.4 is 10.6 Å². The highest BCUT2D eigenvalue weighted by Crippen LogP contribution is 2.28. The first-order chi connectivity index (χ1) is 8.65. The lowest BCUT2D eigenvalue weighted by atomic mass is 10.2. The Labute approximate surface area is 114 Å². The van der Waals surface area contributed by atoms with Crippen molar-refractivity contribution in [3.8, 4) is 0 Å². The number of benzene rings is 2. The third-order valence-corrected chi connectivity index (χ3v) is 2.84. The van der Waals surface area contributed by atoms with Crippen LogP contribution in [-0.4, -0.2) is 5.91 Å². The van der Waals surface area contributed by atoms with Gasteiger partial charge in [0.25, 0.3) is 0 Å². The normalized spacial score (nSPS) is 9.89. The van der Waals surface area contributed by atoms with Crippen molar-refractivity contribution in [1.82, 2.24) is 0 Å². The van der Waals surface area contributed by atoms with Gasteiger partial charge in [0.05, 0.1) is 11.4 Å². The molecule has 3 nitrogen and oxygen atoms in total. The zero-order chi connectivity index (χ0) is 13.0. The molecule has 0 saturated carbocycles. The van der Waals surface area contributed by atoms with Gasteiger partial charge in [-0.25, -0.2) is 0 Å². The number of hydrogen-bond donors (Lipinski definition) is 2. The number of hydrogen-bond acceptors (Lipinski definition) is 2. The molecule has 2 N–H and O–H groups in total. The molecule has 0 fully saturated rings. The zero-order valence-corrected chi connectivity index (χ0v) is 11.5. The van der Waals surface area contributed by atoms with Gasteiger partial charge in [-0.1, -0.05) is 34.1 Å². The van der Waals surface area contributed by atoms with Gasteiger partial charge in [-0.3, -0.25) is 4.79 Å². The standard InChI is InChI=1S/C14H13BrN2O/c1-10(18)16-14-9-11(15)7-8-13(14)17-12-5-3-2-4-6-12/h2-9,17H,1H3,(H,16,18). The lowest BCUT2D eigenvalue weighted by Crippen LogP contribution is -2.08. The number of amides is 1. The molecule has 0 aromatic heterocycles. The Morgan fingerprint density at radius 3 is 2.44 bits per heavy atom. The van der Waals surface area contributed by atoms with Crippen LogP contribution in [0.25, 0.3) is 0 Å². The molecule has 92 valence electrons. The van der Waals surface area contributed by atoms with Crippen molar-refractivity contribution >= 4 is 38.9 Å². The van der Waals surface area contributed by atoms with Crippen LogP contribution in [0.2, 0.25) is 0 Å². The van der Waals surface area contributed by atoms with E-state index in [9.17, 15) is 4.79 Å². The molecule has 2 rings (SSSR count). The fourth-order valence-electron chi connectivity index (χ4n) is 1.60. The van der Waals surface area contributed by atoms with Crippen molar-refractivity contribution < 1.29 is 4.79 Å². The van der Waals surface area contributed by atoms with Crippen LogP contribution >= 0.6 is 15.9 Å². The summed E-state index contributed by atoms with van der Waals surface area (Å²) in [5.74, 6) is -0.0933. The minimum Gasteiger partial charge on any atom is -0.354 e. The quantitative estimate of drug-likeness (QED) is 0.894. The average molecular weight is 305 g/mol. The molecular formula is C14H13BrN2O. The molecular weight excluding hydrogens is 292 g/mol. The minimum absolute atomic E-state index is 0.0933. The SMILES string of the molecule is CC(=O)Nc1cc(Br)ccc1Nc1ccccc1. The van der Waals surface area contributed by atoms with Crippen LogP contribution in [0, 0.1) is 0 Å². The van der Waals surface area contributed by atoms with Gasteiger partial charge in [-0.15, -0.1) is 0 Å². The lowest BCUT2D eigenvalue weighted by molar-refractivity contribution is -0.114. The van der Waals surface area contributed by atoms with E-state index in [4.69, 9.17) is 0 Å². The van der Waals surface area contributed by atoms with Crippen molar-refractivity contribution in [3.63, 3.8) is 0 Å². The molecule has 2 aromatic carbocycles. The molecule has 0 heterocycles. The van der Waals surface area contributed by atoms with E-state index in [1.807, 2.05) is 48.5 Å². The molecule has 0 aliphatic heterocycles. The van der Waals surface area contributed by atoms with Gasteiger partial charge in [0, 0.05) is 17.1 Å². The number of anilines is 3. The van der Waals surface area contributed by atoms with Crippen LogP contribution in [0.4, 0.5) is 17.1 Å². The Kier molecular flexibility index (Phi) is 3.99. The first-order valence-corrected chi connectivity index (χ1v) is 6.33. The second kappa shape index (κ2) is 5.69. The predicted molar refractivity (Wildman–Crippen MR) is 78.2 cm³/mol. The van der Waals surface area contributed by atoms with Crippen molar-refractivity contribution in [2.75, 3.05) is 10.6 Å².